The Hall–Kier alpha value is -5.36. The van der Waals surface area contributed by atoms with E-state index >= 15 is 8.78 Å². The number of esters is 1. The molecule has 0 saturated carbocycles. The zero-order chi connectivity index (χ0) is 40.0. The molecule has 2 aromatic heterocycles. The fourth-order valence-corrected chi connectivity index (χ4v) is 9.49. The summed E-state index contributed by atoms with van der Waals surface area (Å²) in [7, 11) is 0. The lowest BCUT2D eigenvalue weighted by atomic mass is 9.95. The van der Waals surface area contributed by atoms with Gasteiger partial charge in [0.15, 0.2) is 5.82 Å². The summed E-state index contributed by atoms with van der Waals surface area (Å²) >= 11 is 0. The van der Waals surface area contributed by atoms with Crippen LogP contribution in [0.4, 0.5) is 23.8 Å². The Bertz CT molecular complexity index is 2370. The molecular formula is C42H43F3N6O6. The highest BCUT2D eigenvalue weighted by Crippen LogP contribution is 2.47. The summed E-state index contributed by atoms with van der Waals surface area (Å²) in [5.74, 6) is 0.858. The Labute approximate surface area is 327 Å². The lowest BCUT2D eigenvalue weighted by molar-refractivity contribution is -0.176. The number of terminal acetylenes is 1. The number of alkyl halides is 1. The van der Waals surface area contributed by atoms with Crippen LogP contribution in [0.25, 0.3) is 32.9 Å². The van der Waals surface area contributed by atoms with Crippen LogP contribution in [0.5, 0.6) is 11.9 Å². The maximum atomic E-state index is 17.3. The van der Waals surface area contributed by atoms with Gasteiger partial charge in [-0.3, -0.25) is 14.6 Å². The zero-order valence-electron chi connectivity index (χ0n) is 32.2. The number of aromatic nitrogens is 3. The van der Waals surface area contributed by atoms with Crippen molar-refractivity contribution in [3.05, 3.63) is 47.5 Å². The van der Waals surface area contributed by atoms with Crippen molar-refractivity contribution in [1.29, 1.82) is 0 Å². The monoisotopic (exact) mass is 784 g/mol. The molecule has 12 nitrogen and oxygen atoms in total. The van der Waals surface area contributed by atoms with E-state index in [1.807, 2.05) is 4.90 Å². The lowest BCUT2D eigenvalue weighted by Crippen LogP contribution is -2.63. The molecule has 1 amide bonds. The quantitative estimate of drug-likeness (QED) is 0.120. The van der Waals surface area contributed by atoms with Crippen molar-refractivity contribution in [1.82, 2.24) is 24.8 Å². The number of carbonyl (C=O) groups excluding carboxylic acids is 2. The highest BCUT2D eigenvalue weighted by molar-refractivity contribution is 6.03. The van der Waals surface area contributed by atoms with Gasteiger partial charge in [-0.1, -0.05) is 30.2 Å². The molecule has 0 spiro atoms. The molecule has 298 valence electrons. The van der Waals surface area contributed by atoms with Gasteiger partial charge in [0.1, 0.15) is 47.6 Å². The minimum Gasteiger partial charge on any atom is -0.475 e. The number of piperazine rings is 1. The van der Waals surface area contributed by atoms with Gasteiger partial charge < -0.3 is 23.8 Å². The van der Waals surface area contributed by atoms with Gasteiger partial charge in [0.25, 0.3) is 0 Å². The van der Waals surface area contributed by atoms with Gasteiger partial charge in [-0.05, 0) is 64.5 Å². The Morgan fingerprint density at radius 1 is 1.07 bits per heavy atom. The maximum Gasteiger partial charge on any atom is 0.413 e. The Morgan fingerprint density at radius 2 is 1.89 bits per heavy atom. The third kappa shape index (κ3) is 6.14. The number of halogens is 3. The fraction of sp³-hybridized carbons (Fsp3) is 0.500. The summed E-state index contributed by atoms with van der Waals surface area (Å²) in [6.45, 7) is 8.17. The fourth-order valence-electron chi connectivity index (χ4n) is 9.49. The molecule has 15 heteroatoms. The van der Waals surface area contributed by atoms with Gasteiger partial charge in [-0.25, -0.2) is 22.9 Å². The molecule has 9 rings (SSSR count). The van der Waals surface area contributed by atoms with Crippen molar-refractivity contribution < 1.29 is 41.7 Å². The molecular weight excluding hydrogens is 741 g/mol. The van der Waals surface area contributed by atoms with Crippen LogP contribution >= 0.6 is 0 Å². The molecule has 0 radical (unpaired) electrons. The smallest absolute Gasteiger partial charge is 0.413 e. The van der Waals surface area contributed by atoms with E-state index in [9.17, 15) is 14.0 Å². The molecule has 4 aromatic rings. The normalized spacial score (nSPS) is 25.7. The summed E-state index contributed by atoms with van der Waals surface area (Å²) in [6, 6.07) is 6.61. The number of rotatable bonds is 6. The first-order chi connectivity index (χ1) is 27.3. The van der Waals surface area contributed by atoms with Crippen LogP contribution in [-0.4, -0.2) is 106 Å². The molecule has 2 aromatic carbocycles. The number of pyridine rings is 1. The van der Waals surface area contributed by atoms with Crippen molar-refractivity contribution in [3.8, 4) is 35.5 Å². The molecule has 0 N–H and O–H groups in total. The van der Waals surface area contributed by atoms with Crippen LogP contribution < -0.4 is 14.4 Å². The SMILES string of the molecule is C#Cc1c(F)ccc2cccc(-c3nc4c5c(nc(OC[C@@]67CCCN6C[C@H](F)C7)nc5c3F)N3CC5CCC(C3CO4)N5C(=O)OC(C)OC(=O)C(C)(C)C)c12. The first kappa shape index (κ1) is 37.2. The largest absolute Gasteiger partial charge is 0.475 e. The van der Waals surface area contributed by atoms with E-state index < -0.39 is 59.2 Å². The number of carbonyl (C=O) groups is 2. The summed E-state index contributed by atoms with van der Waals surface area (Å²) in [4.78, 5) is 46.3. The van der Waals surface area contributed by atoms with Crippen molar-refractivity contribution in [2.75, 3.05) is 37.7 Å². The minimum atomic E-state index is -1.12. The second kappa shape index (κ2) is 13.6. The summed E-state index contributed by atoms with van der Waals surface area (Å²) in [5.41, 5.74) is -1.36. The standard InChI is InChI=1S/C42H43F3N6O6/c1-6-26-28(44)13-11-23-9-7-10-27(31(23)26)34-33(45)35-32-36(48-39(47-35)55-21-42-15-8-16-49(42)18-24(43)17-42)50-19-25-12-14-29(30(50)20-54-37(32)46-34)51(25)40(53)57-22(2)56-38(52)41(3,4)5/h1,7,9-11,13,22,24-25,29-30H,8,12,14-21H2,2-5H3/t22?,24-,25?,29?,30?,42+/m1/s1. The number of benzene rings is 2. The first-order valence-electron chi connectivity index (χ1n) is 19.5. The summed E-state index contributed by atoms with van der Waals surface area (Å²) in [5, 5.41) is 1.12. The molecule has 4 unspecified atom stereocenters. The number of amides is 1. The maximum absolute atomic E-state index is 17.3. The molecule has 7 heterocycles. The molecule has 4 fully saturated rings. The van der Waals surface area contributed by atoms with E-state index in [1.54, 1.807) is 49.9 Å². The predicted octanol–water partition coefficient (Wildman–Crippen LogP) is 6.55. The summed E-state index contributed by atoms with van der Waals surface area (Å²) < 4.78 is 71.0. The number of anilines is 1. The van der Waals surface area contributed by atoms with E-state index in [1.165, 1.54) is 13.0 Å². The number of hydrogen-bond donors (Lipinski definition) is 0. The van der Waals surface area contributed by atoms with Gasteiger partial charge in [0.2, 0.25) is 12.2 Å². The zero-order valence-corrected chi connectivity index (χ0v) is 32.2. The number of nitrogens with zero attached hydrogens (tertiary/aromatic N) is 6. The Kier molecular flexibility index (Phi) is 8.91. The molecule has 2 bridgehead atoms. The highest BCUT2D eigenvalue weighted by atomic mass is 19.1. The van der Waals surface area contributed by atoms with Crippen LogP contribution in [0.15, 0.2) is 30.3 Å². The molecule has 5 aliphatic rings. The van der Waals surface area contributed by atoms with Crippen LogP contribution in [0.1, 0.15) is 65.4 Å². The average molecular weight is 785 g/mol. The van der Waals surface area contributed by atoms with Crippen LogP contribution in [0, 0.1) is 29.4 Å². The molecule has 5 aliphatic heterocycles. The van der Waals surface area contributed by atoms with Gasteiger partial charge in [0, 0.05) is 37.4 Å². The highest BCUT2D eigenvalue weighted by Gasteiger charge is 2.52. The third-order valence-electron chi connectivity index (χ3n) is 12.2. The molecule has 57 heavy (non-hydrogen) atoms. The van der Waals surface area contributed by atoms with Gasteiger partial charge in [-0.15, -0.1) is 6.42 Å². The van der Waals surface area contributed by atoms with E-state index in [0.717, 1.165) is 19.4 Å². The number of fused-ring (bicyclic) bond motifs is 7. The van der Waals surface area contributed by atoms with Crippen molar-refractivity contribution in [2.24, 2.45) is 5.41 Å². The Balaban J connectivity index is 1.13. The van der Waals surface area contributed by atoms with Crippen LogP contribution in [-0.2, 0) is 14.3 Å². The van der Waals surface area contributed by atoms with Crippen molar-refractivity contribution in [2.45, 2.75) is 95.9 Å². The van der Waals surface area contributed by atoms with Crippen LogP contribution in [0.2, 0.25) is 0 Å². The van der Waals surface area contributed by atoms with Crippen molar-refractivity contribution >= 4 is 39.6 Å². The summed E-state index contributed by atoms with van der Waals surface area (Å²) in [6.07, 6.45) is 6.30. The molecule has 6 atom stereocenters. The van der Waals surface area contributed by atoms with Gasteiger partial charge in [0.05, 0.1) is 34.6 Å². The third-order valence-corrected chi connectivity index (χ3v) is 12.2. The average Bonchev–Trinajstić information content (AvgIpc) is 3.78. The molecule has 0 aliphatic carbocycles. The van der Waals surface area contributed by atoms with E-state index in [2.05, 4.69) is 15.8 Å². The van der Waals surface area contributed by atoms with E-state index in [4.69, 9.17) is 35.3 Å². The second-order valence-electron chi connectivity index (χ2n) is 16.8. The number of hydrogen-bond acceptors (Lipinski definition) is 11. The second-order valence-corrected chi connectivity index (χ2v) is 16.8. The van der Waals surface area contributed by atoms with Crippen LogP contribution in [0.3, 0.4) is 0 Å². The lowest BCUT2D eigenvalue weighted by Gasteiger charge is -2.46. The van der Waals surface area contributed by atoms with Crippen molar-refractivity contribution in [3.63, 3.8) is 0 Å². The van der Waals surface area contributed by atoms with Gasteiger partial charge >= 0.3 is 18.1 Å². The predicted molar refractivity (Wildman–Crippen MR) is 203 cm³/mol. The van der Waals surface area contributed by atoms with E-state index in [0.29, 0.717) is 48.9 Å². The minimum absolute atomic E-state index is 0.0329. The number of ether oxygens (including phenoxy) is 4. The van der Waals surface area contributed by atoms with Gasteiger partial charge in [-0.2, -0.15) is 9.97 Å². The first-order valence-corrected chi connectivity index (χ1v) is 19.5. The topological polar surface area (TPSA) is 119 Å². The molecule has 4 saturated heterocycles. The van der Waals surface area contributed by atoms with E-state index in [-0.39, 0.29) is 58.9 Å². The Morgan fingerprint density at radius 3 is 2.68 bits per heavy atom.